The topological polar surface area (TPSA) is 35.8 Å². The van der Waals surface area contributed by atoms with E-state index in [2.05, 4.69) is 45.1 Å². The van der Waals surface area contributed by atoms with Crippen LogP contribution in [0, 0.1) is 24.2 Å². The molecule has 1 rings (SSSR count). The number of anilines is 1. The minimum absolute atomic E-state index is 0.414. The second-order valence-electron chi connectivity index (χ2n) is 5.53. The van der Waals surface area contributed by atoms with Gasteiger partial charge in [-0.15, -0.1) is 0 Å². The third kappa shape index (κ3) is 4.79. The van der Waals surface area contributed by atoms with Gasteiger partial charge in [-0.3, -0.25) is 0 Å². The fourth-order valence-corrected chi connectivity index (χ4v) is 2.04. The molecule has 18 heavy (non-hydrogen) atoms. The lowest BCUT2D eigenvalue weighted by molar-refractivity contribution is 0.520. The van der Waals surface area contributed by atoms with Crippen LogP contribution in [0.3, 0.4) is 0 Å². The number of hydrogen-bond donors (Lipinski definition) is 1. The average Bonchev–Trinajstić information content (AvgIpc) is 2.28. The van der Waals surface area contributed by atoms with Crippen molar-refractivity contribution in [1.82, 2.24) is 0 Å². The maximum Gasteiger partial charge on any atom is 0.101 e. The van der Waals surface area contributed by atoms with Crippen LogP contribution in [-0.2, 0) is 0 Å². The van der Waals surface area contributed by atoms with Crippen molar-refractivity contribution in [1.29, 1.82) is 5.26 Å². The third-order valence-electron chi connectivity index (χ3n) is 3.12. The van der Waals surface area contributed by atoms with E-state index in [9.17, 15) is 0 Å². The molecule has 2 nitrogen and oxygen atoms in total. The fraction of sp³-hybridized carbons (Fsp3) is 0.562. The number of aryl methyl sites for hydroxylation is 1. The summed E-state index contributed by atoms with van der Waals surface area (Å²) in [6, 6.07) is 8.57. The summed E-state index contributed by atoms with van der Waals surface area (Å²) in [5.41, 5.74) is 2.89. The van der Waals surface area contributed by atoms with E-state index in [0.717, 1.165) is 23.6 Å². The highest BCUT2D eigenvalue weighted by Crippen LogP contribution is 2.19. The summed E-state index contributed by atoms with van der Waals surface area (Å²) in [6.07, 6.45) is 3.65. The van der Waals surface area contributed by atoms with Gasteiger partial charge in [0.25, 0.3) is 0 Å². The van der Waals surface area contributed by atoms with Gasteiger partial charge in [0.05, 0.1) is 11.3 Å². The smallest absolute Gasteiger partial charge is 0.101 e. The molecular weight excluding hydrogens is 220 g/mol. The first-order valence-corrected chi connectivity index (χ1v) is 6.80. The summed E-state index contributed by atoms with van der Waals surface area (Å²) in [6.45, 7) is 8.75. The molecule has 98 valence electrons. The Labute approximate surface area is 111 Å². The van der Waals surface area contributed by atoms with E-state index in [4.69, 9.17) is 5.26 Å². The summed E-state index contributed by atoms with van der Waals surface area (Å²) in [5, 5.41) is 12.5. The van der Waals surface area contributed by atoms with Crippen molar-refractivity contribution in [2.45, 2.75) is 53.0 Å². The predicted molar refractivity (Wildman–Crippen MR) is 77.7 cm³/mol. The molecule has 0 fully saturated rings. The van der Waals surface area contributed by atoms with E-state index in [1.54, 1.807) is 0 Å². The Balaban J connectivity index is 2.56. The van der Waals surface area contributed by atoms with Crippen molar-refractivity contribution in [3.8, 4) is 6.07 Å². The van der Waals surface area contributed by atoms with Crippen molar-refractivity contribution in [2.24, 2.45) is 5.92 Å². The SMILES string of the molecule is Cc1ccc(C#N)c(NC(C)CCCC(C)C)c1. The molecule has 0 radical (unpaired) electrons. The minimum atomic E-state index is 0.414. The van der Waals surface area contributed by atoms with Crippen LogP contribution in [0.25, 0.3) is 0 Å². The number of rotatable bonds is 6. The van der Waals surface area contributed by atoms with Gasteiger partial charge < -0.3 is 5.32 Å². The molecule has 1 N–H and O–H groups in total. The van der Waals surface area contributed by atoms with Crippen molar-refractivity contribution in [2.75, 3.05) is 5.32 Å². The minimum Gasteiger partial charge on any atom is -0.382 e. The van der Waals surface area contributed by atoms with Crippen LogP contribution >= 0.6 is 0 Å². The number of nitrogens with zero attached hydrogens (tertiary/aromatic N) is 1. The molecule has 0 aliphatic heterocycles. The van der Waals surface area contributed by atoms with Gasteiger partial charge in [0.2, 0.25) is 0 Å². The average molecular weight is 244 g/mol. The van der Waals surface area contributed by atoms with Crippen LogP contribution in [0.2, 0.25) is 0 Å². The first-order valence-electron chi connectivity index (χ1n) is 6.80. The zero-order chi connectivity index (χ0) is 13.5. The lowest BCUT2D eigenvalue weighted by Crippen LogP contribution is -2.16. The molecular formula is C16H24N2. The van der Waals surface area contributed by atoms with Crippen molar-refractivity contribution < 1.29 is 0 Å². The molecule has 2 heteroatoms. The Hall–Kier alpha value is -1.49. The highest BCUT2D eigenvalue weighted by atomic mass is 14.9. The highest BCUT2D eigenvalue weighted by molar-refractivity contribution is 5.59. The molecule has 0 spiro atoms. The Morgan fingerprint density at radius 2 is 1.94 bits per heavy atom. The van der Waals surface area contributed by atoms with Crippen molar-refractivity contribution in [3.05, 3.63) is 29.3 Å². The Morgan fingerprint density at radius 1 is 1.22 bits per heavy atom. The number of nitrogens with one attached hydrogen (secondary N) is 1. The molecule has 1 aromatic rings. The summed E-state index contributed by atoms with van der Waals surface area (Å²) in [5.74, 6) is 0.769. The molecule has 1 aromatic carbocycles. The van der Waals surface area contributed by atoms with Crippen LogP contribution in [0.1, 0.15) is 51.2 Å². The monoisotopic (exact) mass is 244 g/mol. The molecule has 1 unspecified atom stereocenters. The van der Waals surface area contributed by atoms with Crippen LogP contribution < -0.4 is 5.32 Å². The van der Waals surface area contributed by atoms with Gasteiger partial charge in [-0.25, -0.2) is 0 Å². The largest absolute Gasteiger partial charge is 0.382 e. The number of nitriles is 1. The summed E-state index contributed by atoms with van der Waals surface area (Å²) in [4.78, 5) is 0. The third-order valence-corrected chi connectivity index (χ3v) is 3.12. The van der Waals surface area contributed by atoms with Gasteiger partial charge in [0.15, 0.2) is 0 Å². The normalized spacial score (nSPS) is 12.2. The summed E-state index contributed by atoms with van der Waals surface area (Å²) in [7, 11) is 0. The molecule has 0 aliphatic rings. The second kappa shape index (κ2) is 7.06. The van der Waals surface area contributed by atoms with Crippen molar-refractivity contribution in [3.63, 3.8) is 0 Å². The van der Waals surface area contributed by atoms with Gasteiger partial charge >= 0.3 is 0 Å². The molecule has 0 aromatic heterocycles. The van der Waals surface area contributed by atoms with Crippen molar-refractivity contribution >= 4 is 5.69 Å². The summed E-state index contributed by atoms with van der Waals surface area (Å²) >= 11 is 0. The Kier molecular flexibility index (Phi) is 5.71. The molecule has 0 bridgehead atoms. The highest BCUT2D eigenvalue weighted by Gasteiger charge is 2.07. The van der Waals surface area contributed by atoms with Gasteiger partial charge in [0, 0.05) is 6.04 Å². The van der Waals surface area contributed by atoms with E-state index in [-0.39, 0.29) is 0 Å². The zero-order valence-corrected chi connectivity index (χ0v) is 12.0. The lowest BCUT2D eigenvalue weighted by Gasteiger charge is -2.17. The predicted octanol–water partition coefficient (Wildman–Crippen LogP) is 4.49. The molecule has 0 saturated carbocycles. The van der Waals surface area contributed by atoms with Crippen LogP contribution in [-0.4, -0.2) is 6.04 Å². The van der Waals surface area contributed by atoms with Crippen LogP contribution in [0.15, 0.2) is 18.2 Å². The van der Waals surface area contributed by atoms with Gasteiger partial charge in [-0.1, -0.05) is 32.8 Å². The van der Waals surface area contributed by atoms with Gasteiger partial charge in [-0.2, -0.15) is 5.26 Å². The fourth-order valence-electron chi connectivity index (χ4n) is 2.04. The lowest BCUT2D eigenvalue weighted by atomic mass is 10.0. The Morgan fingerprint density at radius 3 is 2.56 bits per heavy atom. The van der Waals surface area contributed by atoms with Crippen LogP contribution in [0.4, 0.5) is 5.69 Å². The zero-order valence-electron chi connectivity index (χ0n) is 12.0. The van der Waals surface area contributed by atoms with Crippen LogP contribution in [0.5, 0.6) is 0 Å². The maximum atomic E-state index is 9.08. The quantitative estimate of drug-likeness (QED) is 0.800. The molecule has 0 aliphatic carbocycles. The van der Waals surface area contributed by atoms with E-state index in [0.29, 0.717) is 6.04 Å². The first kappa shape index (κ1) is 14.6. The standard InChI is InChI=1S/C16H24N2/c1-12(2)6-5-7-14(4)18-16-10-13(3)8-9-15(16)11-17/h8-10,12,14,18H,5-7H2,1-4H3. The molecule has 1 atom stereocenters. The van der Waals surface area contributed by atoms with Gasteiger partial charge in [0.1, 0.15) is 6.07 Å². The maximum absolute atomic E-state index is 9.08. The number of benzene rings is 1. The van der Waals surface area contributed by atoms with Gasteiger partial charge in [-0.05, 0) is 43.9 Å². The summed E-state index contributed by atoms with van der Waals surface area (Å²) < 4.78 is 0. The molecule has 0 saturated heterocycles. The van der Waals surface area contributed by atoms with E-state index >= 15 is 0 Å². The van der Waals surface area contributed by atoms with E-state index < -0.39 is 0 Å². The first-order chi connectivity index (χ1) is 8.52. The van der Waals surface area contributed by atoms with E-state index in [1.807, 2.05) is 12.1 Å². The molecule has 0 heterocycles. The Bertz CT molecular complexity index is 416. The van der Waals surface area contributed by atoms with E-state index in [1.165, 1.54) is 18.4 Å². The second-order valence-corrected chi connectivity index (χ2v) is 5.53. The molecule has 0 amide bonds. The number of hydrogen-bond acceptors (Lipinski definition) is 2.